The first-order valence-corrected chi connectivity index (χ1v) is 5.84. The van der Waals surface area contributed by atoms with Crippen molar-refractivity contribution < 1.29 is 9.31 Å². The smallest absolute Gasteiger partial charge is 0.399 e. The van der Waals surface area contributed by atoms with Crippen LogP contribution in [0.25, 0.3) is 0 Å². The number of nitrogens with zero attached hydrogens (tertiary/aromatic N) is 1. The third kappa shape index (κ3) is 2.05. The van der Waals surface area contributed by atoms with E-state index < -0.39 is 7.12 Å². The molecule has 98 valence electrons. The molecule has 1 aliphatic heterocycles. The molecular formula is C11H19BN4O2. The van der Waals surface area contributed by atoms with Gasteiger partial charge >= 0.3 is 7.12 Å². The maximum atomic E-state index is 5.91. The van der Waals surface area contributed by atoms with Gasteiger partial charge in [-0.1, -0.05) is 0 Å². The van der Waals surface area contributed by atoms with Crippen molar-refractivity contribution in [2.75, 3.05) is 11.2 Å². The van der Waals surface area contributed by atoms with Gasteiger partial charge in [0, 0.05) is 11.7 Å². The Morgan fingerprint density at radius 2 is 1.78 bits per heavy atom. The highest BCUT2D eigenvalue weighted by molar-refractivity contribution is 6.62. The van der Waals surface area contributed by atoms with Crippen LogP contribution in [0, 0.1) is 0 Å². The largest absolute Gasteiger partial charge is 0.496 e. The van der Waals surface area contributed by atoms with E-state index in [0.717, 1.165) is 5.46 Å². The van der Waals surface area contributed by atoms with E-state index in [-0.39, 0.29) is 11.2 Å². The van der Waals surface area contributed by atoms with Crippen LogP contribution in [0.2, 0.25) is 0 Å². The molecule has 0 atom stereocenters. The third-order valence-corrected chi connectivity index (χ3v) is 3.60. The van der Waals surface area contributed by atoms with Gasteiger partial charge in [-0.15, -0.1) is 0 Å². The summed E-state index contributed by atoms with van der Waals surface area (Å²) in [6, 6.07) is 1.75. The lowest BCUT2D eigenvalue weighted by Crippen LogP contribution is -2.41. The Hall–Kier alpha value is -1.31. The number of nitrogens with two attached hydrogens (primary N) is 2. The minimum absolute atomic E-state index is 0.378. The maximum absolute atomic E-state index is 5.91. The predicted octanol–water partition coefficient (Wildman–Crippen LogP) is 0.249. The highest BCUT2D eigenvalue weighted by atomic mass is 16.7. The standard InChI is InChI=1S/C11H19BN4O2/c1-10(2)11(3,4)18-12(17-10)7-5-8(13)9(16-14)15-6-7/h5-6H,13-14H2,1-4H3,(H,15,16). The van der Waals surface area contributed by atoms with Gasteiger partial charge in [-0.3, -0.25) is 0 Å². The molecule has 0 saturated carbocycles. The van der Waals surface area contributed by atoms with Crippen molar-refractivity contribution in [3.05, 3.63) is 12.3 Å². The molecule has 0 spiro atoms. The van der Waals surface area contributed by atoms with Crippen LogP contribution in [0.5, 0.6) is 0 Å². The molecule has 0 bridgehead atoms. The van der Waals surface area contributed by atoms with Gasteiger partial charge in [-0.2, -0.15) is 0 Å². The monoisotopic (exact) mass is 250 g/mol. The number of anilines is 2. The second-order valence-electron chi connectivity index (χ2n) is 5.44. The van der Waals surface area contributed by atoms with Gasteiger partial charge in [0.15, 0.2) is 5.82 Å². The van der Waals surface area contributed by atoms with Crippen LogP contribution < -0.4 is 22.5 Å². The molecule has 18 heavy (non-hydrogen) atoms. The Balaban J connectivity index is 2.27. The van der Waals surface area contributed by atoms with E-state index in [2.05, 4.69) is 10.4 Å². The molecule has 0 aromatic carbocycles. The summed E-state index contributed by atoms with van der Waals surface area (Å²) in [5.41, 5.74) is 8.74. The van der Waals surface area contributed by atoms with Gasteiger partial charge in [0.1, 0.15) is 0 Å². The normalized spacial score (nSPS) is 21.1. The maximum Gasteiger partial charge on any atom is 0.496 e. The van der Waals surface area contributed by atoms with Crippen molar-refractivity contribution in [1.82, 2.24) is 4.98 Å². The van der Waals surface area contributed by atoms with Crippen LogP contribution in [0.1, 0.15) is 27.7 Å². The summed E-state index contributed by atoms with van der Waals surface area (Å²) in [6.45, 7) is 8.00. The van der Waals surface area contributed by atoms with Gasteiger partial charge in [0.2, 0.25) is 0 Å². The molecule has 1 fully saturated rings. The van der Waals surface area contributed by atoms with E-state index >= 15 is 0 Å². The molecule has 0 radical (unpaired) electrons. The molecule has 2 heterocycles. The number of pyridine rings is 1. The number of nitrogens with one attached hydrogen (secondary N) is 1. The van der Waals surface area contributed by atoms with Crippen LogP contribution >= 0.6 is 0 Å². The van der Waals surface area contributed by atoms with Crippen LogP contribution in [0.3, 0.4) is 0 Å². The summed E-state index contributed by atoms with van der Waals surface area (Å²) < 4.78 is 11.8. The zero-order valence-electron chi connectivity index (χ0n) is 11.2. The molecule has 0 aliphatic carbocycles. The fourth-order valence-corrected chi connectivity index (χ4v) is 1.73. The molecule has 1 saturated heterocycles. The fraction of sp³-hybridized carbons (Fsp3) is 0.545. The van der Waals surface area contributed by atoms with Crippen molar-refractivity contribution in [3.63, 3.8) is 0 Å². The second-order valence-corrected chi connectivity index (χ2v) is 5.44. The number of aromatic nitrogens is 1. The van der Waals surface area contributed by atoms with Crippen LogP contribution in [-0.2, 0) is 9.31 Å². The summed E-state index contributed by atoms with van der Waals surface area (Å²) >= 11 is 0. The minimum Gasteiger partial charge on any atom is -0.399 e. The van der Waals surface area contributed by atoms with E-state index in [4.69, 9.17) is 20.9 Å². The minimum atomic E-state index is -0.461. The number of hydrazine groups is 1. The van der Waals surface area contributed by atoms with Crippen molar-refractivity contribution >= 4 is 24.1 Å². The molecular weight excluding hydrogens is 231 g/mol. The Labute approximate surface area is 107 Å². The van der Waals surface area contributed by atoms with Crippen molar-refractivity contribution in [2.24, 2.45) is 5.84 Å². The lowest BCUT2D eigenvalue weighted by Gasteiger charge is -2.32. The summed E-state index contributed by atoms with van der Waals surface area (Å²) in [6.07, 6.45) is 1.65. The summed E-state index contributed by atoms with van der Waals surface area (Å²) in [5.74, 6) is 5.73. The Morgan fingerprint density at radius 1 is 1.22 bits per heavy atom. The average Bonchev–Trinajstić information content (AvgIpc) is 2.48. The first kappa shape index (κ1) is 13.1. The Kier molecular flexibility index (Phi) is 3.00. The third-order valence-electron chi connectivity index (χ3n) is 3.60. The topological polar surface area (TPSA) is 95.4 Å². The molecule has 1 aliphatic rings. The van der Waals surface area contributed by atoms with Gasteiger partial charge in [-0.05, 0) is 33.8 Å². The van der Waals surface area contributed by atoms with Gasteiger partial charge in [-0.25, -0.2) is 10.8 Å². The predicted molar refractivity (Wildman–Crippen MR) is 72.2 cm³/mol. The van der Waals surface area contributed by atoms with Crippen LogP contribution in [0.4, 0.5) is 11.5 Å². The van der Waals surface area contributed by atoms with Gasteiger partial charge in [0.25, 0.3) is 0 Å². The molecule has 1 aromatic heterocycles. The van der Waals surface area contributed by atoms with Crippen molar-refractivity contribution in [3.8, 4) is 0 Å². The first-order chi connectivity index (χ1) is 8.27. The first-order valence-electron chi connectivity index (χ1n) is 5.84. The highest BCUT2D eigenvalue weighted by Crippen LogP contribution is 2.36. The second kappa shape index (κ2) is 4.12. The lowest BCUT2D eigenvalue weighted by molar-refractivity contribution is 0.00578. The number of nitrogen functional groups attached to an aromatic ring is 2. The van der Waals surface area contributed by atoms with Gasteiger partial charge in [0.05, 0.1) is 16.9 Å². The average molecular weight is 250 g/mol. The number of rotatable bonds is 2. The molecule has 2 rings (SSSR count). The van der Waals surface area contributed by atoms with E-state index in [9.17, 15) is 0 Å². The zero-order valence-corrected chi connectivity index (χ0v) is 11.2. The summed E-state index contributed by atoms with van der Waals surface area (Å²) in [7, 11) is -0.461. The van der Waals surface area contributed by atoms with E-state index in [0.29, 0.717) is 11.5 Å². The van der Waals surface area contributed by atoms with Crippen LogP contribution in [-0.4, -0.2) is 23.3 Å². The van der Waals surface area contributed by atoms with Crippen LogP contribution in [0.15, 0.2) is 12.3 Å². The van der Waals surface area contributed by atoms with Crippen molar-refractivity contribution in [2.45, 2.75) is 38.9 Å². The number of hydrogen-bond donors (Lipinski definition) is 3. The number of hydrogen-bond acceptors (Lipinski definition) is 6. The molecule has 0 unspecified atom stereocenters. The molecule has 0 amide bonds. The fourth-order valence-electron chi connectivity index (χ4n) is 1.73. The molecule has 6 nitrogen and oxygen atoms in total. The Bertz CT molecular complexity index is 448. The summed E-state index contributed by atoms with van der Waals surface area (Å²) in [5, 5.41) is 0. The molecule has 5 N–H and O–H groups in total. The lowest BCUT2D eigenvalue weighted by atomic mass is 9.80. The van der Waals surface area contributed by atoms with E-state index in [1.54, 1.807) is 12.3 Å². The SMILES string of the molecule is CC1(C)OB(c2cnc(NN)c(N)c2)OC1(C)C. The highest BCUT2D eigenvalue weighted by Gasteiger charge is 2.51. The Morgan fingerprint density at radius 3 is 2.22 bits per heavy atom. The van der Waals surface area contributed by atoms with Gasteiger partial charge < -0.3 is 20.5 Å². The summed E-state index contributed by atoms with van der Waals surface area (Å²) in [4.78, 5) is 4.12. The quantitative estimate of drug-likeness (QED) is 0.395. The van der Waals surface area contributed by atoms with E-state index in [1.807, 2.05) is 27.7 Å². The van der Waals surface area contributed by atoms with Crippen molar-refractivity contribution in [1.29, 1.82) is 0 Å². The molecule has 7 heteroatoms. The van der Waals surface area contributed by atoms with E-state index in [1.165, 1.54) is 0 Å². The zero-order chi connectivity index (χ0) is 13.6. The molecule has 1 aromatic rings.